The Morgan fingerprint density at radius 3 is 2.64 bits per heavy atom. The van der Waals surface area contributed by atoms with Gasteiger partial charge < -0.3 is 10.0 Å². The molecule has 80 valence electrons. The lowest BCUT2D eigenvalue weighted by Gasteiger charge is -2.35. The summed E-state index contributed by atoms with van der Waals surface area (Å²) in [6, 6.07) is -0.521. The predicted octanol–water partition coefficient (Wildman–Crippen LogP) is -0.376. The fourth-order valence-corrected chi connectivity index (χ4v) is 1.63. The van der Waals surface area contributed by atoms with Crippen LogP contribution < -0.4 is 0 Å². The van der Waals surface area contributed by atoms with Crippen molar-refractivity contribution in [3.05, 3.63) is 0 Å². The van der Waals surface area contributed by atoms with Gasteiger partial charge in [0.15, 0.2) is 0 Å². The number of carboxylic acid groups (broad SMARTS) is 1. The van der Waals surface area contributed by atoms with Gasteiger partial charge in [-0.05, 0) is 6.42 Å². The largest absolute Gasteiger partial charge is 0.480 e. The molecule has 0 aromatic rings. The molecular weight excluding hydrogens is 184 g/mol. The maximum atomic E-state index is 11.3. The first-order valence-electron chi connectivity index (χ1n) is 4.77. The quantitative estimate of drug-likeness (QED) is 0.675. The van der Waals surface area contributed by atoms with Crippen molar-refractivity contribution >= 4 is 11.9 Å². The number of likely N-dealkylation sites (N-methyl/N-ethyl adjacent to an activating group) is 1. The van der Waals surface area contributed by atoms with Gasteiger partial charge in [-0.15, -0.1) is 0 Å². The molecule has 0 aliphatic carbocycles. The number of hydrogen-bond acceptors (Lipinski definition) is 3. The lowest BCUT2D eigenvalue weighted by atomic mass is 10.1. The van der Waals surface area contributed by atoms with Crippen LogP contribution in [0.5, 0.6) is 0 Å². The molecule has 1 fully saturated rings. The number of carboxylic acids is 1. The number of amides is 1. The molecule has 0 aromatic heterocycles. The van der Waals surface area contributed by atoms with E-state index in [1.54, 1.807) is 16.8 Å². The van der Waals surface area contributed by atoms with Crippen molar-refractivity contribution in [1.82, 2.24) is 9.80 Å². The van der Waals surface area contributed by atoms with Crippen LogP contribution in [0.15, 0.2) is 0 Å². The number of aliphatic carboxylic acids is 1. The Hall–Kier alpha value is -1.10. The molecule has 0 saturated carbocycles. The van der Waals surface area contributed by atoms with Crippen LogP contribution in [0.4, 0.5) is 0 Å². The summed E-state index contributed by atoms with van der Waals surface area (Å²) < 4.78 is 0. The summed E-state index contributed by atoms with van der Waals surface area (Å²) in [5, 5.41) is 8.91. The zero-order chi connectivity index (χ0) is 10.7. The molecule has 1 N–H and O–H groups in total. The first-order valence-corrected chi connectivity index (χ1v) is 4.77. The van der Waals surface area contributed by atoms with Crippen molar-refractivity contribution in [2.45, 2.75) is 19.4 Å². The van der Waals surface area contributed by atoms with Gasteiger partial charge in [-0.1, -0.05) is 6.92 Å². The topological polar surface area (TPSA) is 60.9 Å². The van der Waals surface area contributed by atoms with Gasteiger partial charge in [0.05, 0.1) is 6.54 Å². The van der Waals surface area contributed by atoms with Crippen molar-refractivity contribution < 1.29 is 14.7 Å². The van der Waals surface area contributed by atoms with Crippen LogP contribution in [-0.2, 0) is 9.59 Å². The third-order valence-electron chi connectivity index (χ3n) is 2.60. The van der Waals surface area contributed by atoms with Crippen LogP contribution in [0.25, 0.3) is 0 Å². The van der Waals surface area contributed by atoms with Gasteiger partial charge in [0.25, 0.3) is 0 Å². The van der Waals surface area contributed by atoms with E-state index in [0.29, 0.717) is 19.5 Å². The molecule has 0 aromatic carbocycles. The lowest BCUT2D eigenvalue weighted by molar-refractivity contribution is -0.147. The van der Waals surface area contributed by atoms with Gasteiger partial charge >= 0.3 is 5.97 Å². The van der Waals surface area contributed by atoms with Crippen LogP contribution in [0.3, 0.4) is 0 Å². The second-order valence-corrected chi connectivity index (χ2v) is 3.55. The second-order valence-electron chi connectivity index (χ2n) is 3.55. The molecule has 0 radical (unpaired) electrons. The average Bonchev–Trinajstić information content (AvgIpc) is 2.11. The van der Waals surface area contributed by atoms with Crippen LogP contribution in [0.1, 0.15) is 13.3 Å². The fraction of sp³-hybridized carbons (Fsp3) is 0.778. The molecule has 1 atom stereocenters. The zero-order valence-corrected chi connectivity index (χ0v) is 8.56. The highest BCUT2D eigenvalue weighted by Crippen LogP contribution is 2.09. The van der Waals surface area contributed by atoms with E-state index in [2.05, 4.69) is 0 Å². The lowest BCUT2D eigenvalue weighted by Crippen LogP contribution is -2.54. The molecule has 1 aliphatic rings. The Kier molecular flexibility index (Phi) is 3.46. The van der Waals surface area contributed by atoms with E-state index in [9.17, 15) is 9.59 Å². The number of hydrogen-bond donors (Lipinski definition) is 1. The molecule has 0 bridgehead atoms. The highest BCUT2D eigenvalue weighted by Gasteiger charge is 2.29. The summed E-state index contributed by atoms with van der Waals surface area (Å²) in [5.74, 6) is -0.846. The molecule has 5 nitrogen and oxygen atoms in total. The smallest absolute Gasteiger partial charge is 0.320 e. The monoisotopic (exact) mass is 200 g/mol. The van der Waals surface area contributed by atoms with Gasteiger partial charge in [0, 0.05) is 20.1 Å². The minimum absolute atomic E-state index is 0.00375. The summed E-state index contributed by atoms with van der Waals surface area (Å²) in [5.41, 5.74) is 0. The van der Waals surface area contributed by atoms with Gasteiger partial charge in [0.1, 0.15) is 6.04 Å². The number of carbonyl (C=O) groups excluding carboxylic acids is 1. The van der Waals surface area contributed by atoms with Crippen molar-refractivity contribution in [3.8, 4) is 0 Å². The molecule has 1 heterocycles. The maximum absolute atomic E-state index is 11.3. The molecule has 0 spiro atoms. The zero-order valence-electron chi connectivity index (χ0n) is 8.56. The summed E-state index contributed by atoms with van der Waals surface area (Å²) in [4.78, 5) is 25.5. The highest BCUT2D eigenvalue weighted by molar-refractivity contribution is 5.80. The molecule has 1 saturated heterocycles. The summed E-state index contributed by atoms with van der Waals surface area (Å²) in [6.45, 7) is 3.30. The van der Waals surface area contributed by atoms with E-state index < -0.39 is 12.0 Å². The van der Waals surface area contributed by atoms with Crippen LogP contribution in [0.2, 0.25) is 0 Å². The Labute approximate surface area is 83.3 Å². The standard InChI is InChI=1S/C9H16N2O3/c1-3-7(9(13)14)11-5-4-10(2)8(12)6-11/h7H,3-6H2,1-2H3,(H,13,14). The average molecular weight is 200 g/mol. The number of rotatable bonds is 3. The Morgan fingerprint density at radius 1 is 1.57 bits per heavy atom. The maximum Gasteiger partial charge on any atom is 0.320 e. The van der Waals surface area contributed by atoms with Crippen molar-refractivity contribution in [1.29, 1.82) is 0 Å². The van der Waals surface area contributed by atoms with Crippen molar-refractivity contribution in [3.63, 3.8) is 0 Å². The van der Waals surface area contributed by atoms with Gasteiger partial charge in [-0.3, -0.25) is 14.5 Å². The molecule has 1 unspecified atom stereocenters. The van der Waals surface area contributed by atoms with E-state index in [0.717, 1.165) is 0 Å². The highest BCUT2D eigenvalue weighted by atomic mass is 16.4. The first kappa shape index (κ1) is 11.0. The third kappa shape index (κ3) is 2.23. The molecule has 5 heteroatoms. The van der Waals surface area contributed by atoms with Crippen LogP contribution >= 0.6 is 0 Å². The van der Waals surface area contributed by atoms with E-state index in [4.69, 9.17) is 5.11 Å². The van der Waals surface area contributed by atoms with E-state index in [1.807, 2.05) is 6.92 Å². The third-order valence-corrected chi connectivity index (χ3v) is 2.60. The number of piperazine rings is 1. The minimum Gasteiger partial charge on any atom is -0.480 e. The van der Waals surface area contributed by atoms with Crippen molar-refractivity contribution in [2.24, 2.45) is 0 Å². The van der Waals surface area contributed by atoms with Gasteiger partial charge in [0.2, 0.25) is 5.91 Å². The van der Waals surface area contributed by atoms with Crippen molar-refractivity contribution in [2.75, 3.05) is 26.7 Å². The van der Waals surface area contributed by atoms with Gasteiger partial charge in [-0.2, -0.15) is 0 Å². The number of carbonyl (C=O) groups is 2. The fourth-order valence-electron chi connectivity index (χ4n) is 1.63. The number of nitrogens with zero attached hydrogens (tertiary/aromatic N) is 2. The van der Waals surface area contributed by atoms with Crippen LogP contribution in [-0.4, -0.2) is 59.5 Å². The Balaban J connectivity index is 2.61. The Morgan fingerprint density at radius 2 is 2.21 bits per heavy atom. The summed E-state index contributed by atoms with van der Waals surface area (Å²) in [7, 11) is 1.74. The van der Waals surface area contributed by atoms with Gasteiger partial charge in [-0.25, -0.2) is 0 Å². The van der Waals surface area contributed by atoms with E-state index in [1.165, 1.54) is 0 Å². The first-order chi connectivity index (χ1) is 6.56. The predicted molar refractivity (Wildman–Crippen MR) is 50.9 cm³/mol. The van der Waals surface area contributed by atoms with Crippen LogP contribution in [0, 0.1) is 0 Å². The Bertz CT molecular complexity index is 242. The van der Waals surface area contributed by atoms with E-state index in [-0.39, 0.29) is 12.5 Å². The van der Waals surface area contributed by atoms with E-state index >= 15 is 0 Å². The molecule has 1 amide bonds. The molecule has 1 aliphatic heterocycles. The summed E-state index contributed by atoms with van der Waals surface area (Å²) >= 11 is 0. The normalized spacial score (nSPS) is 21.0. The minimum atomic E-state index is -0.843. The molecular formula is C9H16N2O3. The summed E-state index contributed by atoms with van der Waals surface area (Å²) in [6.07, 6.45) is 0.534. The molecule has 14 heavy (non-hydrogen) atoms. The second kappa shape index (κ2) is 4.41. The molecule has 1 rings (SSSR count). The SMILES string of the molecule is CCC(C(=O)O)N1CCN(C)C(=O)C1.